The third-order valence-electron chi connectivity index (χ3n) is 2.57. The highest BCUT2D eigenvalue weighted by molar-refractivity contribution is 6.09. The lowest BCUT2D eigenvalue weighted by molar-refractivity contribution is 0.184. The van der Waals surface area contributed by atoms with Gasteiger partial charge < -0.3 is 4.74 Å². The van der Waals surface area contributed by atoms with Crippen LogP contribution in [0.25, 0.3) is 10.9 Å². The third-order valence-corrected chi connectivity index (χ3v) is 2.57. The van der Waals surface area contributed by atoms with Crippen molar-refractivity contribution in [3.8, 4) is 0 Å². The summed E-state index contributed by atoms with van der Waals surface area (Å²) in [6.07, 6.45) is 1.49. The van der Waals surface area contributed by atoms with Crippen molar-refractivity contribution < 1.29 is 9.57 Å². The van der Waals surface area contributed by atoms with E-state index in [2.05, 4.69) is 15.0 Å². The normalized spacial score (nSPS) is 13.8. The Morgan fingerprint density at radius 2 is 2.06 bits per heavy atom. The summed E-state index contributed by atoms with van der Waals surface area (Å²) in [4.78, 5) is 18.0. The van der Waals surface area contributed by atoms with Crippen molar-refractivity contribution in [2.45, 2.75) is 0 Å². The van der Waals surface area contributed by atoms with E-state index in [1.807, 2.05) is 18.2 Å². The molecule has 17 heavy (non-hydrogen) atoms. The summed E-state index contributed by atoms with van der Waals surface area (Å²) in [5.74, 6) is 0.639. The number of hydrogen-bond donors (Lipinski definition) is 0. The Morgan fingerprint density at radius 3 is 2.82 bits per heavy atom. The molecule has 0 saturated carbocycles. The van der Waals surface area contributed by atoms with Crippen molar-refractivity contribution >= 4 is 28.4 Å². The number of anilines is 1. The molecule has 0 amide bonds. The zero-order chi connectivity index (χ0) is 11.8. The minimum absolute atomic E-state index is 0.353. The Labute approximate surface area is 97.5 Å². The molecule has 1 aromatic carbocycles. The average molecular weight is 230 g/mol. The van der Waals surface area contributed by atoms with Crippen molar-refractivity contribution in [2.75, 3.05) is 19.3 Å². The van der Waals surface area contributed by atoms with Crippen molar-refractivity contribution in [3.63, 3.8) is 0 Å². The topological polar surface area (TPSA) is 59.8 Å². The van der Waals surface area contributed by atoms with E-state index >= 15 is 0 Å². The second kappa shape index (κ2) is 3.67. The van der Waals surface area contributed by atoms with E-state index in [0.29, 0.717) is 11.8 Å². The third kappa shape index (κ3) is 1.34. The van der Waals surface area contributed by atoms with Gasteiger partial charge in [0.1, 0.15) is 6.33 Å². The highest BCUT2D eigenvalue weighted by Gasteiger charge is 2.25. The number of aliphatic imine (C=N–C) groups is 1. The number of hydroxylamine groups is 1. The molecule has 3 rings (SSSR count). The Morgan fingerprint density at radius 1 is 1.18 bits per heavy atom. The molecule has 1 aliphatic heterocycles. The van der Waals surface area contributed by atoms with Crippen LogP contribution in [0.15, 0.2) is 29.5 Å². The number of aromatic nitrogens is 2. The summed E-state index contributed by atoms with van der Waals surface area (Å²) < 4.78 is 5.17. The number of ether oxygens (including phenoxy) is 1. The predicted molar refractivity (Wildman–Crippen MR) is 63.1 cm³/mol. The van der Waals surface area contributed by atoms with Crippen LogP contribution in [0.2, 0.25) is 0 Å². The van der Waals surface area contributed by atoms with Gasteiger partial charge in [-0.25, -0.2) is 9.97 Å². The van der Waals surface area contributed by atoms with Crippen LogP contribution in [0.5, 0.6) is 0 Å². The number of nitrogens with zero attached hydrogens (tertiary/aromatic N) is 4. The number of methoxy groups -OCH3 is 1. The minimum Gasteiger partial charge on any atom is -0.466 e. The van der Waals surface area contributed by atoms with Gasteiger partial charge in [0.25, 0.3) is 0 Å². The molecule has 0 spiro atoms. The summed E-state index contributed by atoms with van der Waals surface area (Å²) >= 11 is 0. The van der Waals surface area contributed by atoms with E-state index in [0.717, 1.165) is 16.6 Å². The maximum Gasteiger partial charge on any atom is 0.323 e. The number of hydrogen-bond acceptors (Lipinski definition) is 6. The van der Waals surface area contributed by atoms with Crippen LogP contribution in [0.4, 0.5) is 11.5 Å². The van der Waals surface area contributed by atoms with Crippen LogP contribution >= 0.6 is 0 Å². The van der Waals surface area contributed by atoms with Gasteiger partial charge in [-0.1, -0.05) is 6.07 Å². The van der Waals surface area contributed by atoms with Crippen LogP contribution in [0.1, 0.15) is 0 Å². The monoisotopic (exact) mass is 230 g/mol. The lowest BCUT2D eigenvalue weighted by atomic mass is 10.2. The molecule has 86 valence electrons. The van der Waals surface area contributed by atoms with Crippen LogP contribution < -0.4 is 5.06 Å². The maximum atomic E-state index is 5.23. The quantitative estimate of drug-likeness (QED) is 0.745. The smallest absolute Gasteiger partial charge is 0.323 e. The van der Waals surface area contributed by atoms with Gasteiger partial charge in [-0.2, -0.15) is 10.1 Å². The van der Waals surface area contributed by atoms with E-state index in [9.17, 15) is 0 Å². The Balaban J connectivity index is 2.37. The molecular weight excluding hydrogens is 220 g/mol. The second-order valence-corrected chi connectivity index (χ2v) is 3.44. The fourth-order valence-corrected chi connectivity index (χ4v) is 1.85. The fraction of sp³-hybridized carbons (Fsp3) is 0.182. The summed E-state index contributed by atoms with van der Waals surface area (Å²) in [5, 5.41) is 2.30. The van der Waals surface area contributed by atoms with Crippen LogP contribution in [0, 0.1) is 0 Å². The first kappa shape index (κ1) is 9.98. The molecule has 2 aromatic rings. The fourth-order valence-electron chi connectivity index (χ4n) is 1.85. The molecular formula is C11H10N4O2. The maximum absolute atomic E-state index is 5.23. The highest BCUT2D eigenvalue weighted by atomic mass is 16.7. The molecule has 0 radical (unpaired) electrons. The van der Waals surface area contributed by atoms with Crippen LogP contribution in [0.3, 0.4) is 0 Å². The molecule has 0 atom stereocenters. The molecule has 6 nitrogen and oxygen atoms in total. The Bertz CT molecular complexity index is 606. The number of rotatable bonds is 1. The van der Waals surface area contributed by atoms with E-state index in [4.69, 9.17) is 9.57 Å². The lowest BCUT2D eigenvalue weighted by Gasteiger charge is -2.25. The molecule has 0 N–H and O–H groups in total. The molecule has 2 heterocycles. The van der Waals surface area contributed by atoms with Crippen molar-refractivity contribution in [2.24, 2.45) is 4.99 Å². The van der Waals surface area contributed by atoms with Gasteiger partial charge in [-0.05, 0) is 12.1 Å². The average Bonchev–Trinajstić information content (AvgIpc) is 2.39. The summed E-state index contributed by atoms with van der Waals surface area (Å²) in [6.45, 7) is 0. The van der Waals surface area contributed by atoms with Crippen molar-refractivity contribution in [1.82, 2.24) is 9.97 Å². The van der Waals surface area contributed by atoms with Gasteiger partial charge in [0.05, 0.1) is 30.8 Å². The Hall–Kier alpha value is -2.21. The second-order valence-electron chi connectivity index (χ2n) is 3.44. The SMILES string of the molecule is COC1=Nc2cccc3ncnc(c23)N1OC. The van der Waals surface area contributed by atoms with Crippen molar-refractivity contribution in [3.05, 3.63) is 24.5 Å². The van der Waals surface area contributed by atoms with Crippen LogP contribution in [-0.4, -0.2) is 30.2 Å². The molecule has 0 unspecified atom stereocenters. The van der Waals surface area contributed by atoms with Gasteiger partial charge in [0.15, 0.2) is 5.82 Å². The molecule has 1 aromatic heterocycles. The molecule has 1 aliphatic rings. The van der Waals surface area contributed by atoms with E-state index in [1.54, 1.807) is 0 Å². The first-order valence-electron chi connectivity index (χ1n) is 5.06. The van der Waals surface area contributed by atoms with Gasteiger partial charge in [0, 0.05) is 0 Å². The lowest BCUT2D eigenvalue weighted by Crippen LogP contribution is -2.33. The first-order chi connectivity index (χ1) is 8.35. The molecule has 0 fully saturated rings. The number of benzene rings is 1. The zero-order valence-corrected chi connectivity index (χ0v) is 9.41. The largest absolute Gasteiger partial charge is 0.466 e. The standard InChI is InChI=1S/C11H10N4O2/c1-16-11-14-8-5-3-4-7-9(8)10(13-6-12-7)15(11)17-2/h3-6H,1-2H3. The molecule has 6 heteroatoms. The summed E-state index contributed by atoms with van der Waals surface area (Å²) in [7, 11) is 3.08. The molecule has 0 aliphatic carbocycles. The summed E-state index contributed by atoms with van der Waals surface area (Å²) in [6, 6.07) is 6.05. The zero-order valence-electron chi connectivity index (χ0n) is 9.41. The molecule has 0 bridgehead atoms. The minimum atomic E-state index is 0.353. The van der Waals surface area contributed by atoms with Gasteiger partial charge >= 0.3 is 6.02 Å². The van der Waals surface area contributed by atoms with Crippen molar-refractivity contribution in [1.29, 1.82) is 0 Å². The Kier molecular flexibility index (Phi) is 2.15. The van der Waals surface area contributed by atoms with Gasteiger partial charge in [-0.15, -0.1) is 0 Å². The molecule has 0 saturated heterocycles. The predicted octanol–water partition coefficient (Wildman–Crippen LogP) is 1.65. The van der Waals surface area contributed by atoms with Gasteiger partial charge in [0.2, 0.25) is 0 Å². The summed E-state index contributed by atoms with van der Waals surface area (Å²) in [5.41, 5.74) is 1.61. The van der Waals surface area contributed by atoms with E-state index in [1.165, 1.54) is 25.6 Å². The number of amidine groups is 1. The first-order valence-corrected chi connectivity index (χ1v) is 5.06. The van der Waals surface area contributed by atoms with E-state index in [-0.39, 0.29) is 0 Å². The highest BCUT2D eigenvalue weighted by Crippen LogP contribution is 2.35. The van der Waals surface area contributed by atoms with Gasteiger partial charge in [-0.3, -0.25) is 4.84 Å². The van der Waals surface area contributed by atoms with Crippen LogP contribution in [-0.2, 0) is 9.57 Å². The van der Waals surface area contributed by atoms with E-state index < -0.39 is 0 Å².